The monoisotopic (exact) mass is 551 g/mol. The number of nitrogens with zero attached hydrogens (tertiary/aromatic N) is 1. The number of furan rings is 2. The smallest absolute Gasteiger partial charge is 0.143 e. The van der Waals surface area contributed by atoms with Crippen molar-refractivity contribution in [2.75, 3.05) is 4.90 Å². The molecule has 0 saturated carbocycles. The van der Waals surface area contributed by atoms with Crippen LogP contribution in [0.25, 0.3) is 65.8 Å². The van der Waals surface area contributed by atoms with Crippen LogP contribution in [0.2, 0.25) is 0 Å². The van der Waals surface area contributed by atoms with Gasteiger partial charge in [0.15, 0.2) is 0 Å². The van der Waals surface area contributed by atoms with Gasteiger partial charge in [-0.05, 0) is 65.7 Å². The second-order valence-electron chi connectivity index (χ2n) is 10.9. The summed E-state index contributed by atoms with van der Waals surface area (Å²) in [4.78, 5) is 2.34. The van der Waals surface area contributed by atoms with Crippen LogP contribution < -0.4 is 4.90 Å². The first-order chi connectivity index (χ1) is 21.3. The number of fused-ring (bicyclic) bond motifs is 8. The van der Waals surface area contributed by atoms with Gasteiger partial charge in [-0.1, -0.05) is 97.1 Å². The maximum absolute atomic E-state index is 6.67. The molecule has 0 aliphatic heterocycles. The molecule has 43 heavy (non-hydrogen) atoms. The van der Waals surface area contributed by atoms with Crippen LogP contribution >= 0.6 is 0 Å². The summed E-state index contributed by atoms with van der Waals surface area (Å²) in [5.41, 5.74) is 9.06. The van der Waals surface area contributed by atoms with Gasteiger partial charge in [0.2, 0.25) is 0 Å². The van der Waals surface area contributed by atoms with Gasteiger partial charge >= 0.3 is 0 Å². The highest BCUT2D eigenvalue weighted by Crippen LogP contribution is 2.46. The zero-order valence-corrected chi connectivity index (χ0v) is 23.2. The van der Waals surface area contributed by atoms with Crippen LogP contribution in [0.1, 0.15) is 0 Å². The molecule has 0 aliphatic rings. The minimum atomic E-state index is 0.866. The Hall–Kier alpha value is -5.80. The Balaban J connectivity index is 1.35. The van der Waals surface area contributed by atoms with Crippen LogP contribution in [-0.4, -0.2) is 0 Å². The van der Waals surface area contributed by atoms with E-state index in [2.05, 4.69) is 144 Å². The van der Waals surface area contributed by atoms with E-state index < -0.39 is 0 Å². The lowest BCUT2D eigenvalue weighted by molar-refractivity contribution is 0.669. The average molecular weight is 552 g/mol. The van der Waals surface area contributed by atoms with Gasteiger partial charge in [0.05, 0.1) is 5.69 Å². The zero-order valence-electron chi connectivity index (χ0n) is 23.2. The molecule has 0 spiro atoms. The lowest BCUT2D eigenvalue weighted by atomic mass is 9.96. The van der Waals surface area contributed by atoms with E-state index in [1.807, 2.05) is 12.1 Å². The van der Waals surface area contributed by atoms with Gasteiger partial charge in [-0.25, -0.2) is 0 Å². The van der Waals surface area contributed by atoms with Gasteiger partial charge in [0, 0.05) is 43.7 Å². The molecule has 0 amide bonds. The van der Waals surface area contributed by atoms with E-state index in [0.29, 0.717) is 0 Å². The van der Waals surface area contributed by atoms with E-state index >= 15 is 0 Å². The molecular formula is C40H25NO2. The second kappa shape index (κ2) is 9.37. The molecule has 0 N–H and O–H groups in total. The first kappa shape index (κ1) is 23.9. The molecule has 202 valence electrons. The standard InChI is InChI=1S/C40H25NO2/c1-3-12-27(13-4-1)41(28-14-5-2-6-15-28)35-25-34-39-29(19-11-21-37(39)43-40(34)33-18-8-7-16-30(33)35)26-22-23-32-31-17-9-10-20-36(31)42-38(32)24-26/h1-25H. The Bertz CT molecular complexity index is 2410. The van der Waals surface area contributed by atoms with Crippen molar-refractivity contribution in [3.8, 4) is 11.1 Å². The fourth-order valence-corrected chi connectivity index (χ4v) is 6.53. The minimum absolute atomic E-state index is 0.866. The molecule has 3 nitrogen and oxygen atoms in total. The fraction of sp³-hybridized carbons (Fsp3) is 0. The van der Waals surface area contributed by atoms with E-state index in [1.165, 1.54) is 0 Å². The van der Waals surface area contributed by atoms with E-state index in [9.17, 15) is 0 Å². The van der Waals surface area contributed by atoms with E-state index in [1.54, 1.807) is 0 Å². The van der Waals surface area contributed by atoms with E-state index in [0.717, 1.165) is 82.8 Å². The van der Waals surface area contributed by atoms with Crippen LogP contribution in [-0.2, 0) is 0 Å². The number of rotatable bonds is 4. The van der Waals surface area contributed by atoms with Gasteiger partial charge in [-0.15, -0.1) is 0 Å². The van der Waals surface area contributed by atoms with Crippen LogP contribution in [0, 0.1) is 0 Å². The van der Waals surface area contributed by atoms with Gasteiger partial charge in [0.25, 0.3) is 0 Å². The van der Waals surface area contributed by atoms with Crippen LogP contribution in [0.4, 0.5) is 17.1 Å². The van der Waals surface area contributed by atoms with Gasteiger partial charge < -0.3 is 13.7 Å². The van der Waals surface area contributed by atoms with E-state index in [-0.39, 0.29) is 0 Å². The predicted octanol–water partition coefficient (Wildman–Crippen LogP) is 11.8. The maximum Gasteiger partial charge on any atom is 0.143 e. The molecule has 3 heteroatoms. The predicted molar refractivity (Wildman–Crippen MR) is 179 cm³/mol. The summed E-state index contributed by atoms with van der Waals surface area (Å²) in [7, 11) is 0. The summed E-state index contributed by atoms with van der Waals surface area (Å²) in [6.07, 6.45) is 0. The molecule has 0 fully saturated rings. The zero-order chi connectivity index (χ0) is 28.3. The Morgan fingerprint density at radius 1 is 0.395 bits per heavy atom. The molecule has 9 aromatic rings. The summed E-state index contributed by atoms with van der Waals surface area (Å²) >= 11 is 0. The summed E-state index contributed by atoms with van der Waals surface area (Å²) in [6, 6.07) is 53.0. The van der Waals surface area contributed by atoms with Crippen molar-refractivity contribution in [2.24, 2.45) is 0 Å². The van der Waals surface area contributed by atoms with Crippen LogP contribution in [0.3, 0.4) is 0 Å². The topological polar surface area (TPSA) is 29.5 Å². The lowest BCUT2D eigenvalue weighted by Gasteiger charge is -2.27. The molecule has 0 unspecified atom stereocenters. The highest BCUT2D eigenvalue weighted by atomic mass is 16.3. The number of para-hydroxylation sites is 3. The van der Waals surface area contributed by atoms with Crippen molar-refractivity contribution in [3.05, 3.63) is 152 Å². The SMILES string of the molecule is c1ccc(N(c2ccccc2)c2cc3c(oc4cccc(-c5ccc6c(c5)oc5ccccc56)c43)c3ccccc23)cc1. The molecule has 2 heterocycles. The quantitative estimate of drug-likeness (QED) is 0.218. The summed E-state index contributed by atoms with van der Waals surface area (Å²) in [5, 5.41) is 6.66. The van der Waals surface area contributed by atoms with Crippen LogP contribution in [0.5, 0.6) is 0 Å². The van der Waals surface area contributed by atoms with Gasteiger partial charge in [-0.3, -0.25) is 0 Å². The summed E-state index contributed by atoms with van der Waals surface area (Å²) in [6.45, 7) is 0. The molecular weight excluding hydrogens is 526 g/mol. The Morgan fingerprint density at radius 3 is 1.79 bits per heavy atom. The molecule has 0 aliphatic carbocycles. The summed E-state index contributed by atoms with van der Waals surface area (Å²) < 4.78 is 12.9. The molecule has 0 radical (unpaired) electrons. The summed E-state index contributed by atoms with van der Waals surface area (Å²) in [5.74, 6) is 0. The molecule has 2 aromatic heterocycles. The lowest BCUT2D eigenvalue weighted by Crippen LogP contribution is -2.10. The van der Waals surface area contributed by atoms with Crippen molar-refractivity contribution in [2.45, 2.75) is 0 Å². The third kappa shape index (κ3) is 3.68. The molecule has 0 bridgehead atoms. The largest absolute Gasteiger partial charge is 0.456 e. The Morgan fingerprint density at radius 2 is 1.02 bits per heavy atom. The van der Waals surface area contributed by atoms with Gasteiger partial charge in [-0.2, -0.15) is 0 Å². The Kier molecular flexibility index (Phi) is 5.20. The molecule has 0 atom stereocenters. The van der Waals surface area contributed by atoms with Crippen molar-refractivity contribution < 1.29 is 8.83 Å². The highest BCUT2D eigenvalue weighted by Gasteiger charge is 2.21. The third-order valence-electron chi connectivity index (χ3n) is 8.44. The first-order valence-corrected chi connectivity index (χ1v) is 14.5. The molecule has 0 saturated heterocycles. The maximum atomic E-state index is 6.67. The highest BCUT2D eigenvalue weighted by molar-refractivity contribution is 6.22. The second-order valence-corrected chi connectivity index (χ2v) is 10.9. The Labute approximate surface area is 247 Å². The first-order valence-electron chi connectivity index (χ1n) is 14.5. The van der Waals surface area contributed by atoms with Crippen molar-refractivity contribution in [1.29, 1.82) is 0 Å². The molecule has 9 rings (SSSR count). The number of hydrogen-bond acceptors (Lipinski definition) is 3. The van der Waals surface area contributed by atoms with Gasteiger partial charge in [0.1, 0.15) is 22.3 Å². The van der Waals surface area contributed by atoms with Crippen molar-refractivity contribution in [3.63, 3.8) is 0 Å². The number of benzene rings is 7. The number of hydrogen-bond donors (Lipinski definition) is 0. The average Bonchev–Trinajstić information content (AvgIpc) is 3.64. The third-order valence-corrected chi connectivity index (χ3v) is 8.44. The number of anilines is 3. The minimum Gasteiger partial charge on any atom is -0.456 e. The molecule has 7 aromatic carbocycles. The normalized spacial score (nSPS) is 11.7. The fourth-order valence-electron chi connectivity index (χ4n) is 6.53. The van der Waals surface area contributed by atoms with Crippen LogP contribution in [0.15, 0.2) is 160 Å². The van der Waals surface area contributed by atoms with Crippen molar-refractivity contribution >= 4 is 71.7 Å². The van der Waals surface area contributed by atoms with E-state index in [4.69, 9.17) is 8.83 Å². The van der Waals surface area contributed by atoms with Crippen molar-refractivity contribution in [1.82, 2.24) is 0 Å².